The Bertz CT molecular complexity index is 725. The van der Waals surface area contributed by atoms with Gasteiger partial charge < -0.3 is 5.11 Å². The van der Waals surface area contributed by atoms with E-state index in [1.54, 1.807) is 0 Å². The van der Waals surface area contributed by atoms with E-state index < -0.39 is 0 Å². The van der Waals surface area contributed by atoms with E-state index in [0.717, 1.165) is 16.8 Å². The Morgan fingerprint density at radius 2 is 1.62 bits per heavy atom. The Hall–Kier alpha value is -2.09. The van der Waals surface area contributed by atoms with Crippen LogP contribution in [-0.2, 0) is 0 Å². The minimum Gasteiger partial charge on any atom is -0.507 e. The molecule has 2 aromatic carbocycles. The van der Waals surface area contributed by atoms with Crippen molar-refractivity contribution in [3.05, 3.63) is 59.2 Å². The van der Waals surface area contributed by atoms with Gasteiger partial charge >= 0.3 is 0 Å². The molecular weight excluding hydrogens is 294 g/mol. The van der Waals surface area contributed by atoms with Crippen LogP contribution in [0.2, 0.25) is 0 Å². The van der Waals surface area contributed by atoms with Gasteiger partial charge in [-0.2, -0.15) is 0 Å². The lowest BCUT2D eigenvalue weighted by molar-refractivity contribution is 0.440. The molecule has 0 spiro atoms. The van der Waals surface area contributed by atoms with E-state index >= 15 is 0 Å². The van der Waals surface area contributed by atoms with Gasteiger partial charge in [-0.3, -0.25) is 4.99 Å². The Labute approximate surface area is 144 Å². The zero-order valence-corrected chi connectivity index (χ0v) is 14.1. The van der Waals surface area contributed by atoms with Gasteiger partial charge in [0, 0.05) is 11.8 Å². The molecule has 0 unspecified atom stereocenters. The van der Waals surface area contributed by atoms with Crippen molar-refractivity contribution in [3.8, 4) is 5.75 Å². The van der Waals surface area contributed by atoms with Crippen LogP contribution in [0.25, 0.3) is 0 Å². The van der Waals surface area contributed by atoms with Crippen LogP contribution in [0.4, 0.5) is 5.69 Å². The van der Waals surface area contributed by atoms with Gasteiger partial charge in [-0.05, 0) is 66.8 Å². The summed E-state index contributed by atoms with van der Waals surface area (Å²) >= 11 is 0. The highest BCUT2D eigenvalue weighted by molar-refractivity contribution is 5.86. The third kappa shape index (κ3) is 3.38. The summed E-state index contributed by atoms with van der Waals surface area (Å²) in [6, 6.07) is 14.4. The first-order valence-corrected chi connectivity index (χ1v) is 9.27. The smallest absolute Gasteiger partial charge is 0.127 e. The molecule has 2 saturated carbocycles. The molecule has 2 nitrogen and oxygen atoms in total. The number of benzene rings is 2. The quantitative estimate of drug-likeness (QED) is 0.682. The summed E-state index contributed by atoms with van der Waals surface area (Å²) < 4.78 is 0. The van der Waals surface area contributed by atoms with E-state index in [1.807, 2.05) is 36.5 Å². The summed E-state index contributed by atoms with van der Waals surface area (Å²) in [7, 11) is 0. The Morgan fingerprint density at radius 1 is 0.875 bits per heavy atom. The molecule has 124 valence electrons. The van der Waals surface area contributed by atoms with Crippen molar-refractivity contribution in [2.24, 2.45) is 4.99 Å². The fourth-order valence-corrected chi connectivity index (χ4v) is 3.84. The predicted molar refractivity (Wildman–Crippen MR) is 99.6 cm³/mol. The summed E-state index contributed by atoms with van der Waals surface area (Å²) in [4.78, 5) is 4.56. The summed E-state index contributed by atoms with van der Waals surface area (Å²) in [5.74, 6) is 1.65. The Morgan fingerprint density at radius 3 is 2.33 bits per heavy atom. The van der Waals surface area contributed by atoms with Crippen molar-refractivity contribution < 1.29 is 5.11 Å². The number of phenols is 1. The fraction of sp³-hybridized carbons (Fsp3) is 0.409. The van der Waals surface area contributed by atoms with E-state index in [9.17, 15) is 5.11 Å². The first-order chi connectivity index (χ1) is 11.8. The molecule has 0 heterocycles. The second-order valence-corrected chi connectivity index (χ2v) is 7.25. The van der Waals surface area contributed by atoms with Crippen LogP contribution in [0.3, 0.4) is 0 Å². The van der Waals surface area contributed by atoms with E-state index in [2.05, 4.69) is 17.1 Å². The molecule has 1 N–H and O–H groups in total. The molecule has 4 rings (SSSR count). The highest BCUT2D eigenvalue weighted by Gasteiger charge is 2.29. The molecule has 0 saturated heterocycles. The lowest BCUT2D eigenvalue weighted by atomic mass is 9.82. The molecule has 2 aliphatic carbocycles. The van der Waals surface area contributed by atoms with Crippen molar-refractivity contribution >= 4 is 11.9 Å². The largest absolute Gasteiger partial charge is 0.507 e. The molecule has 0 bridgehead atoms. The zero-order chi connectivity index (χ0) is 16.4. The molecule has 0 aliphatic heterocycles. The first kappa shape index (κ1) is 15.4. The summed E-state index contributed by atoms with van der Waals surface area (Å²) in [5.41, 5.74) is 4.35. The number of nitrogens with zero attached hydrogens (tertiary/aromatic N) is 1. The molecule has 2 aliphatic rings. The van der Waals surface area contributed by atoms with Gasteiger partial charge in [-0.15, -0.1) is 0 Å². The zero-order valence-electron chi connectivity index (χ0n) is 14.1. The molecule has 2 heteroatoms. The van der Waals surface area contributed by atoms with Gasteiger partial charge in [0.2, 0.25) is 0 Å². The second kappa shape index (κ2) is 6.80. The number of aliphatic imine (C=N–C) groups is 1. The number of hydrogen-bond donors (Lipinski definition) is 1. The summed E-state index contributed by atoms with van der Waals surface area (Å²) in [6.07, 6.45) is 10.8. The number of aromatic hydroxyl groups is 1. The van der Waals surface area contributed by atoms with Gasteiger partial charge in [0.25, 0.3) is 0 Å². The van der Waals surface area contributed by atoms with Crippen LogP contribution >= 0.6 is 0 Å². The number of para-hydroxylation sites is 1. The molecular formula is C22H25NO. The van der Waals surface area contributed by atoms with Crippen molar-refractivity contribution in [2.75, 3.05) is 0 Å². The Balaban J connectivity index is 1.68. The molecule has 0 aromatic heterocycles. The van der Waals surface area contributed by atoms with Crippen molar-refractivity contribution in [1.82, 2.24) is 0 Å². The average molecular weight is 319 g/mol. The minimum absolute atomic E-state index is 0.441. The average Bonchev–Trinajstić information content (AvgIpc) is 3.47. The molecule has 0 amide bonds. The lowest BCUT2D eigenvalue weighted by Gasteiger charge is -2.23. The topological polar surface area (TPSA) is 32.6 Å². The maximum Gasteiger partial charge on any atom is 0.127 e. The first-order valence-electron chi connectivity index (χ1n) is 9.27. The Kier molecular flexibility index (Phi) is 4.38. The second-order valence-electron chi connectivity index (χ2n) is 7.25. The number of phenolic OH excluding ortho intramolecular Hbond substituents is 1. The van der Waals surface area contributed by atoms with Crippen LogP contribution < -0.4 is 0 Å². The third-order valence-electron chi connectivity index (χ3n) is 5.39. The fourth-order valence-electron chi connectivity index (χ4n) is 3.84. The highest BCUT2D eigenvalue weighted by Crippen LogP contribution is 2.47. The lowest BCUT2D eigenvalue weighted by Crippen LogP contribution is -2.06. The molecule has 2 aromatic rings. The van der Waals surface area contributed by atoms with Gasteiger partial charge in [0.15, 0.2) is 0 Å². The van der Waals surface area contributed by atoms with E-state index in [-0.39, 0.29) is 0 Å². The highest BCUT2D eigenvalue weighted by atomic mass is 16.3. The molecule has 24 heavy (non-hydrogen) atoms. The van der Waals surface area contributed by atoms with Crippen LogP contribution in [0.1, 0.15) is 73.5 Å². The normalized spacial score (nSPS) is 19.0. The van der Waals surface area contributed by atoms with Gasteiger partial charge in [-0.25, -0.2) is 0 Å². The number of rotatable bonds is 4. The van der Waals surface area contributed by atoms with E-state index in [1.165, 1.54) is 50.5 Å². The maximum atomic E-state index is 10.7. The van der Waals surface area contributed by atoms with Gasteiger partial charge in [-0.1, -0.05) is 43.5 Å². The van der Waals surface area contributed by atoms with Crippen LogP contribution in [0, 0.1) is 0 Å². The monoisotopic (exact) mass is 319 g/mol. The van der Waals surface area contributed by atoms with E-state index in [4.69, 9.17) is 0 Å². The van der Waals surface area contributed by atoms with Crippen LogP contribution in [-0.4, -0.2) is 11.3 Å². The minimum atomic E-state index is 0.441. The predicted octanol–water partition coefficient (Wildman–Crippen LogP) is 6.07. The van der Waals surface area contributed by atoms with Crippen LogP contribution in [0.15, 0.2) is 47.5 Å². The van der Waals surface area contributed by atoms with E-state index in [0.29, 0.717) is 17.6 Å². The van der Waals surface area contributed by atoms with Crippen molar-refractivity contribution in [3.63, 3.8) is 0 Å². The number of hydrogen-bond acceptors (Lipinski definition) is 2. The van der Waals surface area contributed by atoms with Crippen LogP contribution in [0.5, 0.6) is 5.75 Å². The standard InChI is InChI=1S/C22H25NO/c24-22-19(15-23-20-9-5-2-6-10-20)13-18(14-21(22)17-11-12-17)16-7-3-1-4-8-16/h2,5-6,9-10,13-17,24H,1,3-4,7-8,11-12H2. The SMILES string of the molecule is Oc1c(C=Nc2ccccc2)cc(C2CCCCC2)cc1C1CC1. The summed E-state index contributed by atoms with van der Waals surface area (Å²) in [5, 5.41) is 10.7. The molecule has 0 radical (unpaired) electrons. The maximum absolute atomic E-state index is 10.7. The van der Waals surface area contributed by atoms with Gasteiger partial charge in [0.05, 0.1) is 5.69 Å². The van der Waals surface area contributed by atoms with Gasteiger partial charge in [0.1, 0.15) is 5.75 Å². The molecule has 2 fully saturated rings. The van der Waals surface area contributed by atoms with Crippen molar-refractivity contribution in [1.29, 1.82) is 0 Å². The summed E-state index contributed by atoms with van der Waals surface area (Å²) in [6.45, 7) is 0. The van der Waals surface area contributed by atoms with Crippen molar-refractivity contribution in [2.45, 2.75) is 56.8 Å². The molecule has 0 atom stereocenters. The third-order valence-corrected chi connectivity index (χ3v) is 5.39.